The van der Waals surface area contributed by atoms with Gasteiger partial charge in [-0.25, -0.2) is 4.98 Å². The fourth-order valence-corrected chi connectivity index (χ4v) is 2.65. The highest BCUT2D eigenvalue weighted by Gasteiger charge is 2.15. The summed E-state index contributed by atoms with van der Waals surface area (Å²) < 4.78 is 13.2. The Labute approximate surface area is 168 Å². The van der Waals surface area contributed by atoms with E-state index >= 15 is 0 Å². The number of aromatic nitrogens is 2. The predicted octanol–water partition coefficient (Wildman–Crippen LogP) is 1.95. The highest BCUT2D eigenvalue weighted by molar-refractivity contribution is 14.0. The molecule has 2 heterocycles. The second-order valence-electron chi connectivity index (χ2n) is 6.01. The van der Waals surface area contributed by atoms with E-state index in [0.29, 0.717) is 6.10 Å². The molecule has 1 aliphatic heterocycles. The van der Waals surface area contributed by atoms with E-state index in [1.807, 2.05) is 19.3 Å². The number of hydrogen-bond acceptors (Lipinski definition) is 4. The number of ether oxygens (including phenoxy) is 2. The number of unbranched alkanes of at least 4 members (excludes halogenated alkanes) is 1. The smallest absolute Gasteiger partial charge is 0.190 e. The molecule has 2 rings (SSSR count). The summed E-state index contributed by atoms with van der Waals surface area (Å²) in [5.74, 6) is 1.94. The van der Waals surface area contributed by atoms with Gasteiger partial charge in [-0.2, -0.15) is 0 Å². The monoisotopic (exact) mass is 465 g/mol. The number of imidazole rings is 1. The van der Waals surface area contributed by atoms with Crippen LogP contribution in [0.1, 0.15) is 31.5 Å². The van der Waals surface area contributed by atoms with E-state index in [2.05, 4.69) is 25.2 Å². The van der Waals surface area contributed by atoms with Crippen LogP contribution in [0.25, 0.3) is 0 Å². The van der Waals surface area contributed by atoms with Crippen LogP contribution in [0.15, 0.2) is 17.4 Å². The molecule has 1 aliphatic rings. The van der Waals surface area contributed by atoms with Gasteiger partial charge in [-0.1, -0.05) is 0 Å². The number of aliphatic imine (C=N–C) groups is 1. The largest absolute Gasteiger partial charge is 0.379 e. The maximum absolute atomic E-state index is 5.74. The maximum Gasteiger partial charge on any atom is 0.190 e. The molecule has 1 atom stereocenters. The van der Waals surface area contributed by atoms with Crippen molar-refractivity contribution >= 4 is 29.9 Å². The molecule has 1 saturated heterocycles. The molecule has 0 radical (unpaired) electrons. The quantitative estimate of drug-likeness (QED) is 0.239. The fourth-order valence-electron chi connectivity index (χ4n) is 2.65. The zero-order chi connectivity index (χ0) is 17.0. The number of halogens is 1. The van der Waals surface area contributed by atoms with Gasteiger partial charge in [0.05, 0.1) is 12.7 Å². The average molecular weight is 465 g/mol. The first-order valence-electron chi connectivity index (χ1n) is 8.91. The number of guanidine groups is 1. The Balaban J connectivity index is 0.00000312. The van der Waals surface area contributed by atoms with E-state index in [1.165, 1.54) is 0 Å². The van der Waals surface area contributed by atoms with E-state index in [9.17, 15) is 0 Å². The highest BCUT2D eigenvalue weighted by atomic mass is 127. The van der Waals surface area contributed by atoms with Crippen molar-refractivity contribution in [2.45, 2.75) is 45.3 Å². The van der Waals surface area contributed by atoms with E-state index < -0.39 is 0 Å². The zero-order valence-electron chi connectivity index (χ0n) is 15.4. The predicted molar refractivity (Wildman–Crippen MR) is 111 cm³/mol. The van der Waals surface area contributed by atoms with Crippen molar-refractivity contribution in [3.63, 3.8) is 0 Å². The second-order valence-corrected chi connectivity index (χ2v) is 6.01. The summed E-state index contributed by atoms with van der Waals surface area (Å²) in [5, 5.41) is 6.67. The Bertz CT molecular complexity index is 489. The van der Waals surface area contributed by atoms with Crippen LogP contribution in [0.4, 0.5) is 0 Å². The lowest BCUT2D eigenvalue weighted by Gasteiger charge is -2.13. The minimum Gasteiger partial charge on any atom is -0.379 e. The molecule has 25 heavy (non-hydrogen) atoms. The Kier molecular flexibility index (Phi) is 11.8. The Morgan fingerprint density at radius 1 is 1.36 bits per heavy atom. The van der Waals surface area contributed by atoms with Gasteiger partial charge in [0.15, 0.2) is 5.96 Å². The lowest BCUT2D eigenvalue weighted by molar-refractivity contribution is 0.0420. The minimum absolute atomic E-state index is 0. The van der Waals surface area contributed by atoms with Crippen LogP contribution < -0.4 is 10.6 Å². The molecule has 0 amide bonds. The molecule has 1 fully saturated rings. The molecule has 8 heteroatoms. The standard InChI is InChI=1S/C17H31N5O2.HI/c1-15-19-9-11-22(15)10-4-3-7-20-17(18-2)21-8-5-12-24-16-6-13-23-14-16;/h9,11,16H,3-8,10,12-14H2,1-2H3,(H2,18,20,21);1H. The van der Waals surface area contributed by atoms with Gasteiger partial charge < -0.3 is 24.7 Å². The summed E-state index contributed by atoms with van der Waals surface area (Å²) in [4.78, 5) is 8.48. The molecule has 1 unspecified atom stereocenters. The van der Waals surface area contributed by atoms with Gasteiger partial charge >= 0.3 is 0 Å². The van der Waals surface area contributed by atoms with Gasteiger partial charge in [0.2, 0.25) is 0 Å². The molecule has 1 aromatic rings. The Morgan fingerprint density at radius 3 is 2.80 bits per heavy atom. The third kappa shape index (κ3) is 8.87. The van der Waals surface area contributed by atoms with Gasteiger partial charge in [0.25, 0.3) is 0 Å². The molecule has 0 spiro atoms. The first-order chi connectivity index (χ1) is 11.8. The third-order valence-electron chi connectivity index (χ3n) is 4.12. The van der Waals surface area contributed by atoms with Crippen molar-refractivity contribution in [1.29, 1.82) is 0 Å². The number of rotatable bonds is 10. The molecule has 0 aromatic carbocycles. The van der Waals surface area contributed by atoms with Crippen LogP contribution in [0.2, 0.25) is 0 Å². The van der Waals surface area contributed by atoms with Crippen LogP contribution in [-0.4, -0.2) is 61.6 Å². The van der Waals surface area contributed by atoms with Crippen LogP contribution in [0.3, 0.4) is 0 Å². The van der Waals surface area contributed by atoms with E-state index in [1.54, 1.807) is 7.05 Å². The molecule has 0 aliphatic carbocycles. The summed E-state index contributed by atoms with van der Waals surface area (Å²) >= 11 is 0. The van der Waals surface area contributed by atoms with Crippen molar-refractivity contribution < 1.29 is 9.47 Å². The molecule has 144 valence electrons. The SMILES string of the molecule is CN=C(NCCCCn1ccnc1C)NCCCOC1CCOC1.I. The van der Waals surface area contributed by atoms with Crippen molar-refractivity contribution in [2.75, 3.05) is 40.0 Å². The fraction of sp³-hybridized carbons (Fsp3) is 0.765. The number of nitrogens with one attached hydrogen (secondary N) is 2. The maximum atomic E-state index is 5.74. The molecule has 0 bridgehead atoms. The third-order valence-corrected chi connectivity index (χ3v) is 4.12. The van der Waals surface area contributed by atoms with Gasteiger partial charge in [0, 0.05) is 52.3 Å². The molecule has 1 aromatic heterocycles. The highest BCUT2D eigenvalue weighted by Crippen LogP contribution is 2.07. The van der Waals surface area contributed by atoms with Gasteiger partial charge in [-0.3, -0.25) is 4.99 Å². The first kappa shape index (κ1) is 22.2. The van der Waals surface area contributed by atoms with E-state index in [4.69, 9.17) is 9.47 Å². The van der Waals surface area contributed by atoms with Gasteiger partial charge in [-0.15, -0.1) is 24.0 Å². The van der Waals surface area contributed by atoms with E-state index in [-0.39, 0.29) is 24.0 Å². The summed E-state index contributed by atoms with van der Waals surface area (Å²) in [6, 6.07) is 0. The van der Waals surface area contributed by atoms with Gasteiger partial charge in [-0.05, 0) is 32.6 Å². The van der Waals surface area contributed by atoms with Crippen LogP contribution in [-0.2, 0) is 16.0 Å². The Hall–Kier alpha value is -0.870. The molecule has 0 saturated carbocycles. The minimum atomic E-state index is 0. The summed E-state index contributed by atoms with van der Waals surface area (Å²) in [6.07, 6.45) is 8.39. The normalized spacial score (nSPS) is 17.4. The van der Waals surface area contributed by atoms with Crippen molar-refractivity contribution in [3.05, 3.63) is 18.2 Å². The molecular formula is C17H32IN5O2. The average Bonchev–Trinajstić information content (AvgIpc) is 3.24. The zero-order valence-corrected chi connectivity index (χ0v) is 17.7. The van der Waals surface area contributed by atoms with Gasteiger partial charge in [0.1, 0.15) is 5.82 Å². The summed E-state index contributed by atoms with van der Waals surface area (Å²) in [6.45, 7) is 7.18. The first-order valence-corrected chi connectivity index (χ1v) is 8.91. The van der Waals surface area contributed by atoms with E-state index in [0.717, 1.165) is 76.9 Å². The topological polar surface area (TPSA) is 72.7 Å². The molecule has 2 N–H and O–H groups in total. The number of aryl methyl sites for hydroxylation is 2. The lowest BCUT2D eigenvalue weighted by Crippen LogP contribution is -2.38. The molecular weight excluding hydrogens is 433 g/mol. The summed E-state index contributed by atoms with van der Waals surface area (Å²) in [7, 11) is 1.80. The van der Waals surface area contributed by atoms with Crippen LogP contribution in [0.5, 0.6) is 0 Å². The Morgan fingerprint density at radius 2 is 2.16 bits per heavy atom. The van der Waals surface area contributed by atoms with Crippen LogP contribution in [0, 0.1) is 6.92 Å². The number of hydrogen-bond donors (Lipinski definition) is 2. The summed E-state index contributed by atoms with van der Waals surface area (Å²) in [5.41, 5.74) is 0. The van der Waals surface area contributed by atoms with Crippen molar-refractivity contribution in [2.24, 2.45) is 4.99 Å². The van der Waals surface area contributed by atoms with Crippen LogP contribution >= 0.6 is 24.0 Å². The second kappa shape index (κ2) is 13.3. The van der Waals surface area contributed by atoms with Crippen molar-refractivity contribution in [3.8, 4) is 0 Å². The lowest BCUT2D eigenvalue weighted by atomic mass is 10.3. The number of nitrogens with zero attached hydrogens (tertiary/aromatic N) is 3. The van der Waals surface area contributed by atoms with Crippen molar-refractivity contribution in [1.82, 2.24) is 20.2 Å². The molecule has 7 nitrogen and oxygen atoms in total.